The molecule has 0 aliphatic heterocycles. The third-order valence-electron chi connectivity index (χ3n) is 3.77. The molecule has 0 fully saturated rings. The number of rotatable bonds is 7. The van der Waals surface area contributed by atoms with E-state index in [0.29, 0.717) is 12.5 Å². The number of carbonyl (C=O) groups excluding carboxylic acids is 1. The fraction of sp³-hybridized carbons (Fsp3) is 0.263. The average Bonchev–Trinajstić information content (AvgIpc) is 2.99. The molecule has 2 heterocycles. The van der Waals surface area contributed by atoms with E-state index in [1.807, 2.05) is 48.9 Å². The Morgan fingerprint density at radius 3 is 2.54 bits per heavy atom. The minimum atomic E-state index is -0.268. The molecule has 0 bridgehead atoms. The molecular weight excluding hydrogens is 330 g/mol. The van der Waals surface area contributed by atoms with Crippen LogP contribution in [0.25, 0.3) is 5.69 Å². The highest BCUT2D eigenvalue weighted by Crippen LogP contribution is 2.13. The third-order valence-corrected chi connectivity index (χ3v) is 3.77. The predicted octanol–water partition coefficient (Wildman–Crippen LogP) is 2.82. The molecule has 2 aromatic heterocycles. The smallest absolute Gasteiger partial charge is 0.307 e. The maximum atomic E-state index is 11.8. The molecule has 0 unspecified atom stereocenters. The van der Waals surface area contributed by atoms with Gasteiger partial charge in [0.2, 0.25) is 5.95 Å². The quantitative estimate of drug-likeness (QED) is 0.659. The SMILES string of the molecule is Cc1cc(C)n(-c2ccc(COC(=O)CCNc3ncccn3)cc2)n1. The minimum absolute atomic E-state index is 0.248. The number of ether oxygens (including phenoxy) is 1. The van der Waals surface area contributed by atoms with Crippen LogP contribution in [-0.4, -0.2) is 32.3 Å². The summed E-state index contributed by atoms with van der Waals surface area (Å²) in [6, 6.07) is 11.6. The highest BCUT2D eigenvalue weighted by molar-refractivity contribution is 5.70. The van der Waals surface area contributed by atoms with Crippen molar-refractivity contribution >= 4 is 11.9 Å². The van der Waals surface area contributed by atoms with E-state index in [2.05, 4.69) is 20.4 Å². The maximum Gasteiger partial charge on any atom is 0.307 e. The number of anilines is 1. The zero-order chi connectivity index (χ0) is 18.4. The summed E-state index contributed by atoms with van der Waals surface area (Å²) in [4.78, 5) is 19.9. The lowest BCUT2D eigenvalue weighted by atomic mass is 10.2. The molecule has 3 rings (SSSR count). The van der Waals surface area contributed by atoms with Gasteiger partial charge in [0.1, 0.15) is 6.61 Å². The number of hydrogen-bond donors (Lipinski definition) is 1. The first-order chi connectivity index (χ1) is 12.6. The van der Waals surface area contributed by atoms with Gasteiger partial charge in [0.05, 0.1) is 17.8 Å². The molecule has 0 aliphatic rings. The van der Waals surface area contributed by atoms with Crippen LogP contribution in [0, 0.1) is 13.8 Å². The maximum absolute atomic E-state index is 11.8. The van der Waals surface area contributed by atoms with Crippen LogP contribution in [0.15, 0.2) is 48.8 Å². The normalized spacial score (nSPS) is 10.5. The molecule has 0 radical (unpaired) electrons. The molecule has 0 amide bonds. The molecule has 0 atom stereocenters. The summed E-state index contributed by atoms with van der Waals surface area (Å²) in [6.45, 7) is 4.66. The zero-order valence-corrected chi connectivity index (χ0v) is 14.8. The minimum Gasteiger partial charge on any atom is -0.461 e. The standard InChI is InChI=1S/C19H21N5O2/c1-14-12-15(2)24(23-14)17-6-4-16(5-7-17)13-26-18(25)8-11-22-19-20-9-3-10-21-19/h3-7,9-10,12H,8,11,13H2,1-2H3,(H,20,21,22). The summed E-state index contributed by atoms with van der Waals surface area (Å²) in [7, 11) is 0. The summed E-state index contributed by atoms with van der Waals surface area (Å²) in [5.41, 5.74) is 3.98. The number of hydrogen-bond acceptors (Lipinski definition) is 6. The highest BCUT2D eigenvalue weighted by atomic mass is 16.5. The third kappa shape index (κ3) is 4.66. The number of nitrogens with zero attached hydrogens (tertiary/aromatic N) is 4. The summed E-state index contributed by atoms with van der Waals surface area (Å²) < 4.78 is 7.19. The molecule has 7 heteroatoms. The summed E-state index contributed by atoms with van der Waals surface area (Å²) in [5, 5.41) is 7.43. The van der Waals surface area contributed by atoms with E-state index in [9.17, 15) is 4.79 Å². The van der Waals surface area contributed by atoms with Crippen LogP contribution in [0.5, 0.6) is 0 Å². The van der Waals surface area contributed by atoms with Crippen molar-refractivity contribution in [1.29, 1.82) is 0 Å². The van der Waals surface area contributed by atoms with Gasteiger partial charge >= 0.3 is 5.97 Å². The van der Waals surface area contributed by atoms with Crippen molar-refractivity contribution in [1.82, 2.24) is 19.7 Å². The van der Waals surface area contributed by atoms with Crippen LogP contribution in [0.3, 0.4) is 0 Å². The zero-order valence-electron chi connectivity index (χ0n) is 14.8. The van der Waals surface area contributed by atoms with Gasteiger partial charge in [-0.1, -0.05) is 12.1 Å². The number of carbonyl (C=O) groups is 1. The Balaban J connectivity index is 1.45. The predicted molar refractivity (Wildman–Crippen MR) is 98.0 cm³/mol. The van der Waals surface area contributed by atoms with Crippen LogP contribution >= 0.6 is 0 Å². The number of aromatic nitrogens is 4. The van der Waals surface area contributed by atoms with Crippen molar-refractivity contribution in [3.05, 3.63) is 65.7 Å². The Morgan fingerprint density at radius 1 is 1.15 bits per heavy atom. The van der Waals surface area contributed by atoms with Crippen molar-refractivity contribution in [3.63, 3.8) is 0 Å². The fourth-order valence-electron chi connectivity index (χ4n) is 2.53. The van der Waals surface area contributed by atoms with Crippen molar-refractivity contribution in [2.75, 3.05) is 11.9 Å². The van der Waals surface area contributed by atoms with E-state index in [-0.39, 0.29) is 19.0 Å². The summed E-state index contributed by atoms with van der Waals surface area (Å²) >= 11 is 0. The topological polar surface area (TPSA) is 81.9 Å². The van der Waals surface area contributed by atoms with Crippen LogP contribution in [-0.2, 0) is 16.1 Å². The molecule has 0 aliphatic carbocycles. The molecule has 1 N–H and O–H groups in total. The van der Waals surface area contributed by atoms with Gasteiger partial charge in [-0.2, -0.15) is 5.10 Å². The molecule has 7 nitrogen and oxygen atoms in total. The largest absolute Gasteiger partial charge is 0.461 e. The lowest BCUT2D eigenvalue weighted by Crippen LogP contribution is -2.12. The Kier molecular flexibility index (Phi) is 5.58. The summed E-state index contributed by atoms with van der Waals surface area (Å²) in [5.74, 6) is 0.232. The molecule has 1 aromatic carbocycles. The average molecular weight is 351 g/mol. The molecule has 3 aromatic rings. The number of nitrogens with one attached hydrogen (secondary N) is 1. The summed E-state index contributed by atoms with van der Waals surface area (Å²) in [6.07, 6.45) is 3.54. The van der Waals surface area contributed by atoms with Crippen molar-refractivity contribution in [2.45, 2.75) is 26.9 Å². The number of esters is 1. The van der Waals surface area contributed by atoms with E-state index >= 15 is 0 Å². The second-order valence-electron chi connectivity index (χ2n) is 5.92. The van der Waals surface area contributed by atoms with Gasteiger partial charge < -0.3 is 10.1 Å². The molecule has 0 saturated heterocycles. The van der Waals surface area contributed by atoms with Gasteiger partial charge in [-0.15, -0.1) is 0 Å². The van der Waals surface area contributed by atoms with Gasteiger partial charge in [-0.3, -0.25) is 4.79 Å². The second kappa shape index (κ2) is 8.24. The van der Waals surface area contributed by atoms with Crippen molar-refractivity contribution in [2.24, 2.45) is 0 Å². The first kappa shape index (κ1) is 17.6. The molecule has 134 valence electrons. The second-order valence-corrected chi connectivity index (χ2v) is 5.92. The molecule has 0 spiro atoms. The van der Waals surface area contributed by atoms with E-state index in [0.717, 1.165) is 22.6 Å². The van der Waals surface area contributed by atoms with Crippen molar-refractivity contribution < 1.29 is 9.53 Å². The van der Waals surface area contributed by atoms with Crippen LogP contribution in [0.2, 0.25) is 0 Å². The lowest BCUT2D eigenvalue weighted by Gasteiger charge is -2.08. The Bertz CT molecular complexity index is 859. The molecule has 26 heavy (non-hydrogen) atoms. The molecule has 0 saturated carbocycles. The Labute approximate surface area is 152 Å². The Morgan fingerprint density at radius 2 is 1.88 bits per heavy atom. The van der Waals surface area contributed by atoms with Crippen LogP contribution in [0.1, 0.15) is 23.4 Å². The molecular formula is C19H21N5O2. The van der Waals surface area contributed by atoms with E-state index in [1.165, 1.54) is 0 Å². The fourth-order valence-corrected chi connectivity index (χ4v) is 2.53. The van der Waals surface area contributed by atoms with E-state index in [4.69, 9.17) is 4.74 Å². The number of aryl methyl sites for hydroxylation is 2. The Hall–Kier alpha value is -3.22. The van der Waals surface area contributed by atoms with Crippen LogP contribution in [0.4, 0.5) is 5.95 Å². The van der Waals surface area contributed by atoms with Gasteiger partial charge in [0.15, 0.2) is 0 Å². The van der Waals surface area contributed by atoms with Gasteiger partial charge in [0.25, 0.3) is 0 Å². The van der Waals surface area contributed by atoms with Crippen molar-refractivity contribution in [3.8, 4) is 5.69 Å². The first-order valence-electron chi connectivity index (χ1n) is 8.41. The lowest BCUT2D eigenvalue weighted by molar-refractivity contribution is -0.144. The monoisotopic (exact) mass is 351 g/mol. The van der Waals surface area contributed by atoms with Gasteiger partial charge in [-0.05, 0) is 43.7 Å². The van der Waals surface area contributed by atoms with Gasteiger partial charge in [0, 0.05) is 24.6 Å². The van der Waals surface area contributed by atoms with Crippen LogP contribution < -0.4 is 5.32 Å². The van der Waals surface area contributed by atoms with Gasteiger partial charge in [-0.25, -0.2) is 14.6 Å². The number of benzene rings is 1. The first-order valence-corrected chi connectivity index (χ1v) is 8.41. The highest BCUT2D eigenvalue weighted by Gasteiger charge is 2.06. The van der Waals surface area contributed by atoms with E-state index in [1.54, 1.807) is 18.5 Å². The van der Waals surface area contributed by atoms with E-state index < -0.39 is 0 Å².